The summed E-state index contributed by atoms with van der Waals surface area (Å²) < 4.78 is 35.0. The van der Waals surface area contributed by atoms with Gasteiger partial charge in [0.25, 0.3) is 10.0 Å². The molecule has 1 heterocycles. The van der Waals surface area contributed by atoms with Crippen LogP contribution in [-0.2, 0) is 24.3 Å². The predicted octanol–water partition coefficient (Wildman–Crippen LogP) is -0.390. The van der Waals surface area contributed by atoms with Crippen LogP contribution in [0.2, 0.25) is 0 Å². The molecule has 0 unspecified atom stereocenters. The molecule has 0 bridgehead atoms. The molecule has 108 valence electrons. The molecule has 0 atom stereocenters. The van der Waals surface area contributed by atoms with Gasteiger partial charge in [0.05, 0.1) is 32.7 Å². The van der Waals surface area contributed by atoms with Crippen molar-refractivity contribution in [2.75, 3.05) is 33.9 Å². The van der Waals surface area contributed by atoms with Crippen molar-refractivity contribution in [3.05, 3.63) is 12.5 Å². The molecule has 0 aliphatic heterocycles. The summed E-state index contributed by atoms with van der Waals surface area (Å²) in [6.45, 7) is 0.404. The number of hydrogen-bond acceptors (Lipinski definition) is 6. The van der Waals surface area contributed by atoms with Crippen LogP contribution in [0, 0.1) is 0 Å². The van der Waals surface area contributed by atoms with Gasteiger partial charge in [-0.2, -0.15) is 4.31 Å². The number of imidazole rings is 1. The number of hydrogen-bond donors (Lipinski definition) is 1. The van der Waals surface area contributed by atoms with Crippen molar-refractivity contribution in [1.82, 2.24) is 14.3 Å². The van der Waals surface area contributed by atoms with Gasteiger partial charge in [0, 0.05) is 20.2 Å². The van der Waals surface area contributed by atoms with Gasteiger partial charge in [-0.15, -0.1) is 0 Å². The minimum Gasteiger partial charge on any atom is -0.469 e. The predicted molar refractivity (Wildman–Crippen MR) is 65.9 cm³/mol. The summed E-state index contributed by atoms with van der Waals surface area (Å²) >= 11 is 0. The Morgan fingerprint density at radius 3 is 2.68 bits per heavy atom. The molecule has 0 saturated carbocycles. The first-order valence-electron chi connectivity index (χ1n) is 5.56. The van der Waals surface area contributed by atoms with Crippen molar-refractivity contribution in [3.8, 4) is 0 Å². The van der Waals surface area contributed by atoms with E-state index in [4.69, 9.17) is 4.74 Å². The SMILES string of the molecule is COCCN(CCC(=O)OC)S(=O)(=O)c1cnc[nH]1. The summed E-state index contributed by atoms with van der Waals surface area (Å²) in [6, 6.07) is 0. The summed E-state index contributed by atoms with van der Waals surface area (Å²) in [7, 11) is -0.978. The van der Waals surface area contributed by atoms with Crippen LogP contribution in [0.25, 0.3) is 0 Å². The highest BCUT2D eigenvalue weighted by Crippen LogP contribution is 2.12. The number of rotatable bonds is 8. The lowest BCUT2D eigenvalue weighted by atomic mass is 10.4. The average molecular weight is 291 g/mol. The van der Waals surface area contributed by atoms with Crippen LogP contribution in [0.5, 0.6) is 0 Å². The third-order valence-corrected chi connectivity index (χ3v) is 4.25. The smallest absolute Gasteiger partial charge is 0.306 e. The van der Waals surface area contributed by atoms with Gasteiger partial charge < -0.3 is 14.5 Å². The quantitative estimate of drug-likeness (QED) is 0.654. The van der Waals surface area contributed by atoms with Crippen LogP contribution >= 0.6 is 0 Å². The van der Waals surface area contributed by atoms with Gasteiger partial charge in [0.1, 0.15) is 0 Å². The summed E-state index contributed by atoms with van der Waals surface area (Å²) in [5.41, 5.74) is 0. The van der Waals surface area contributed by atoms with Crippen LogP contribution in [0.1, 0.15) is 6.42 Å². The number of carbonyl (C=O) groups excluding carboxylic acids is 1. The standard InChI is InChI=1S/C10H17N3O5S/c1-17-6-5-13(4-3-10(14)18-2)19(15,16)9-7-11-8-12-9/h7-8H,3-6H2,1-2H3,(H,11,12). The van der Waals surface area contributed by atoms with E-state index in [-0.39, 0.29) is 31.1 Å². The number of aromatic nitrogens is 2. The summed E-state index contributed by atoms with van der Waals surface area (Å²) in [4.78, 5) is 17.3. The molecule has 0 aromatic carbocycles. The summed E-state index contributed by atoms with van der Waals surface area (Å²) in [6.07, 6.45) is 2.47. The van der Waals surface area contributed by atoms with Gasteiger partial charge in [-0.3, -0.25) is 4.79 Å². The lowest BCUT2D eigenvalue weighted by molar-refractivity contribution is -0.140. The molecule has 1 aromatic rings. The topological polar surface area (TPSA) is 102 Å². The maximum atomic E-state index is 12.2. The van der Waals surface area contributed by atoms with Crippen LogP contribution < -0.4 is 0 Å². The highest BCUT2D eigenvalue weighted by atomic mass is 32.2. The highest BCUT2D eigenvalue weighted by molar-refractivity contribution is 7.89. The Morgan fingerprint density at radius 1 is 1.42 bits per heavy atom. The van der Waals surface area contributed by atoms with E-state index in [1.807, 2.05) is 0 Å². The first kappa shape index (κ1) is 15.6. The van der Waals surface area contributed by atoms with Crippen LogP contribution in [0.3, 0.4) is 0 Å². The maximum Gasteiger partial charge on any atom is 0.306 e. The lowest BCUT2D eigenvalue weighted by Gasteiger charge is -2.20. The number of sulfonamides is 1. The normalized spacial score (nSPS) is 11.7. The van der Waals surface area contributed by atoms with Crippen molar-refractivity contribution < 1.29 is 22.7 Å². The number of aromatic amines is 1. The highest BCUT2D eigenvalue weighted by Gasteiger charge is 2.26. The van der Waals surface area contributed by atoms with E-state index in [1.54, 1.807) is 0 Å². The van der Waals surface area contributed by atoms with Gasteiger partial charge in [0.2, 0.25) is 0 Å². The van der Waals surface area contributed by atoms with Crippen molar-refractivity contribution in [2.45, 2.75) is 11.4 Å². The van der Waals surface area contributed by atoms with Crippen LogP contribution in [0.4, 0.5) is 0 Å². The van der Waals surface area contributed by atoms with E-state index >= 15 is 0 Å². The Balaban J connectivity index is 2.81. The Kier molecular flexibility index (Phi) is 5.93. The molecule has 0 amide bonds. The molecule has 0 fully saturated rings. The van der Waals surface area contributed by atoms with Crippen molar-refractivity contribution >= 4 is 16.0 Å². The van der Waals surface area contributed by atoms with E-state index in [0.29, 0.717) is 0 Å². The van der Waals surface area contributed by atoms with Gasteiger partial charge in [-0.05, 0) is 0 Å². The first-order valence-corrected chi connectivity index (χ1v) is 7.00. The molecule has 1 aromatic heterocycles. The van der Waals surface area contributed by atoms with Crippen molar-refractivity contribution in [1.29, 1.82) is 0 Å². The van der Waals surface area contributed by atoms with E-state index in [2.05, 4.69) is 14.7 Å². The van der Waals surface area contributed by atoms with E-state index < -0.39 is 16.0 Å². The molecule has 9 heteroatoms. The number of esters is 1. The fraction of sp³-hybridized carbons (Fsp3) is 0.600. The molecule has 0 radical (unpaired) electrons. The number of H-pyrrole nitrogens is 1. The zero-order chi connectivity index (χ0) is 14.3. The molecule has 0 aliphatic carbocycles. The number of methoxy groups -OCH3 is 2. The van der Waals surface area contributed by atoms with Crippen LogP contribution in [-0.4, -0.2) is 62.6 Å². The van der Waals surface area contributed by atoms with Gasteiger partial charge in [0.15, 0.2) is 5.03 Å². The molecular weight excluding hydrogens is 274 g/mol. The first-order chi connectivity index (χ1) is 9.02. The van der Waals surface area contributed by atoms with Crippen LogP contribution in [0.15, 0.2) is 17.6 Å². The zero-order valence-corrected chi connectivity index (χ0v) is 11.6. The Labute approximate surface area is 111 Å². The van der Waals surface area contributed by atoms with Gasteiger partial charge in [-0.25, -0.2) is 13.4 Å². The number of ether oxygens (including phenoxy) is 2. The van der Waals surface area contributed by atoms with Gasteiger partial charge >= 0.3 is 5.97 Å². The Hall–Kier alpha value is -1.45. The minimum atomic E-state index is -3.71. The minimum absolute atomic E-state index is 0.0199. The second-order valence-electron chi connectivity index (χ2n) is 3.64. The third kappa shape index (κ3) is 4.30. The molecule has 19 heavy (non-hydrogen) atoms. The lowest BCUT2D eigenvalue weighted by Crippen LogP contribution is -2.36. The molecule has 1 N–H and O–H groups in total. The van der Waals surface area contributed by atoms with Gasteiger partial charge in [-0.1, -0.05) is 0 Å². The van der Waals surface area contributed by atoms with E-state index in [0.717, 1.165) is 4.31 Å². The zero-order valence-electron chi connectivity index (χ0n) is 10.8. The second kappa shape index (κ2) is 7.22. The average Bonchev–Trinajstić information content (AvgIpc) is 2.92. The fourth-order valence-corrected chi connectivity index (χ4v) is 2.71. The number of nitrogens with one attached hydrogen (secondary N) is 1. The van der Waals surface area contributed by atoms with Crippen molar-refractivity contribution in [3.63, 3.8) is 0 Å². The Bertz CT molecular complexity index is 485. The molecule has 8 nitrogen and oxygen atoms in total. The molecule has 0 spiro atoms. The monoisotopic (exact) mass is 291 g/mol. The molecule has 0 aliphatic rings. The molecule has 0 saturated heterocycles. The maximum absolute atomic E-state index is 12.2. The molecule has 1 rings (SSSR count). The third-order valence-electron chi connectivity index (χ3n) is 2.43. The Morgan fingerprint density at radius 2 is 2.16 bits per heavy atom. The largest absolute Gasteiger partial charge is 0.469 e. The van der Waals surface area contributed by atoms with E-state index in [9.17, 15) is 13.2 Å². The number of carbonyl (C=O) groups is 1. The van der Waals surface area contributed by atoms with Crippen molar-refractivity contribution in [2.24, 2.45) is 0 Å². The number of nitrogens with zero attached hydrogens (tertiary/aromatic N) is 2. The fourth-order valence-electron chi connectivity index (χ4n) is 1.39. The second-order valence-corrected chi connectivity index (χ2v) is 5.55. The molecular formula is C10H17N3O5S. The summed E-state index contributed by atoms with van der Waals surface area (Å²) in [5, 5.41) is -0.0199. The summed E-state index contributed by atoms with van der Waals surface area (Å²) in [5.74, 6) is -0.470. The van der Waals surface area contributed by atoms with E-state index in [1.165, 1.54) is 26.7 Å².